The summed E-state index contributed by atoms with van der Waals surface area (Å²) < 4.78 is 19.9. The van der Waals surface area contributed by atoms with Crippen LogP contribution >= 0.6 is 0 Å². The van der Waals surface area contributed by atoms with Crippen molar-refractivity contribution >= 4 is 11.8 Å². The van der Waals surface area contributed by atoms with Crippen molar-refractivity contribution in [3.05, 3.63) is 22.0 Å². The fourth-order valence-electron chi connectivity index (χ4n) is 1.88. The van der Waals surface area contributed by atoms with Crippen LogP contribution in [0.3, 0.4) is 0 Å². The second-order valence-corrected chi connectivity index (χ2v) is 4.18. The predicted molar refractivity (Wildman–Crippen MR) is 61.2 cm³/mol. The molecule has 0 amide bonds. The molecule has 1 aromatic rings. The molecule has 1 fully saturated rings. The first-order chi connectivity index (χ1) is 9.00. The van der Waals surface area contributed by atoms with Crippen LogP contribution in [0, 0.1) is 5.82 Å². The average Bonchev–Trinajstić information content (AvgIpc) is 2.40. The molecule has 0 N–H and O–H groups in total. The third-order valence-electron chi connectivity index (χ3n) is 2.92. The fourth-order valence-corrected chi connectivity index (χ4v) is 1.88. The van der Waals surface area contributed by atoms with E-state index in [0.29, 0.717) is 26.3 Å². The number of carboxylic acid groups (broad SMARTS) is 1. The first kappa shape index (κ1) is 17.1. The SMILES string of the molecule is Cn1c(CC(=O)[O-])nc(N2CCOCC2)c(F)c1=O.[Na+]. The second kappa shape index (κ2) is 7.16. The van der Waals surface area contributed by atoms with Crippen LogP contribution < -0.4 is 45.1 Å². The minimum Gasteiger partial charge on any atom is -0.550 e. The maximum Gasteiger partial charge on any atom is 1.00 e. The summed E-state index contributed by atoms with van der Waals surface area (Å²) in [4.78, 5) is 27.8. The second-order valence-electron chi connectivity index (χ2n) is 4.18. The van der Waals surface area contributed by atoms with Crippen LogP contribution in [-0.4, -0.2) is 41.8 Å². The van der Waals surface area contributed by atoms with Crippen molar-refractivity contribution in [3.8, 4) is 0 Å². The summed E-state index contributed by atoms with van der Waals surface area (Å²) in [6.45, 7) is 1.63. The largest absolute Gasteiger partial charge is 1.00 e. The Morgan fingerprint density at radius 2 is 2.05 bits per heavy atom. The Morgan fingerprint density at radius 1 is 1.45 bits per heavy atom. The molecular weight excluding hydrogens is 280 g/mol. The Bertz CT molecular complexity index is 557. The molecule has 1 aliphatic rings. The zero-order valence-corrected chi connectivity index (χ0v) is 13.4. The van der Waals surface area contributed by atoms with Crippen LogP contribution in [0.15, 0.2) is 4.79 Å². The van der Waals surface area contributed by atoms with Gasteiger partial charge in [-0.1, -0.05) is 0 Å². The number of carboxylic acids is 1. The number of carbonyl (C=O) groups excluding carboxylic acids is 1. The van der Waals surface area contributed by atoms with Crippen LogP contribution in [0.5, 0.6) is 0 Å². The summed E-state index contributed by atoms with van der Waals surface area (Å²) in [5, 5.41) is 10.6. The summed E-state index contributed by atoms with van der Waals surface area (Å²) in [7, 11) is 1.28. The number of carbonyl (C=O) groups is 1. The maximum absolute atomic E-state index is 13.9. The number of nitrogens with zero attached hydrogens (tertiary/aromatic N) is 3. The van der Waals surface area contributed by atoms with Gasteiger partial charge >= 0.3 is 29.6 Å². The smallest absolute Gasteiger partial charge is 0.550 e. The van der Waals surface area contributed by atoms with Crippen LogP contribution in [0.2, 0.25) is 0 Å². The summed E-state index contributed by atoms with van der Waals surface area (Å²) >= 11 is 0. The van der Waals surface area contributed by atoms with E-state index in [0.717, 1.165) is 4.57 Å². The van der Waals surface area contributed by atoms with Crippen molar-refractivity contribution in [3.63, 3.8) is 0 Å². The number of hydrogen-bond acceptors (Lipinski definition) is 6. The van der Waals surface area contributed by atoms with Gasteiger partial charge in [0.05, 0.1) is 13.2 Å². The van der Waals surface area contributed by atoms with E-state index in [9.17, 15) is 19.1 Å². The number of anilines is 1. The Hall–Kier alpha value is -0.960. The summed E-state index contributed by atoms with van der Waals surface area (Å²) in [6, 6.07) is 0. The molecule has 7 nitrogen and oxygen atoms in total. The van der Waals surface area contributed by atoms with E-state index in [1.165, 1.54) is 7.05 Å². The minimum absolute atomic E-state index is 0. The van der Waals surface area contributed by atoms with Crippen molar-refractivity contribution in [1.29, 1.82) is 0 Å². The topological polar surface area (TPSA) is 87.5 Å². The van der Waals surface area contributed by atoms with Crippen LogP contribution in [-0.2, 0) is 23.0 Å². The first-order valence-electron chi connectivity index (χ1n) is 5.78. The molecule has 2 rings (SSSR count). The van der Waals surface area contributed by atoms with Crippen molar-refractivity contribution in [2.75, 3.05) is 31.2 Å². The molecule has 1 aliphatic heterocycles. The zero-order valence-electron chi connectivity index (χ0n) is 11.4. The number of aromatic nitrogens is 2. The normalized spacial score (nSPS) is 14.8. The number of halogens is 1. The van der Waals surface area contributed by atoms with Gasteiger partial charge in [0.25, 0.3) is 5.56 Å². The molecule has 2 heterocycles. The molecule has 0 aromatic carbocycles. The number of morpholine rings is 1. The summed E-state index contributed by atoms with van der Waals surface area (Å²) in [5.74, 6) is -2.51. The van der Waals surface area contributed by atoms with Crippen molar-refractivity contribution in [1.82, 2.24) is 9.55 Å². The molecule has 0 aliphatic carbocycles. The van der Waals surface area contributed by atoms with Gasteiger partial charge in [-0.25, -0.2) is 4.98 Å². The molecule has 104 valence electrons. The first-order valence-corrected chi connectivity index (χ1v) is 5.78. The monoisotopic (exact) mass is 293 g/mol. The molecular formula is C11H13FN3NaO4. The number of aliphatic carboxylic acids is 1. The zero-order chi connectivity index (χ0) is 14.0. The number of hydrogen-bond donors (Lipinski definition) is 0. The Labute approximate surface area is 136 Å². The molecule has 0 radical (unpaired) electrons. The standard InChI is InChI=1S/C11H14FN3O4.Na/c1-14-7(6-8(16)17)13-10(9(12)11(14)18)15-2-4-19-5-3-15;/h2-6H2,1H3,(H,16,17);/q;+1/p-1. The van der Waals surface area contributed by atoms with Crippen molar-refractivity contribution in [2.24, 2.45) is 7.05 Å². The van der Waals surface area contributed by atoms with Crippen molar-refractivity contribution in [2.45, 2.75) is 6.42 Å². The quantitative estimate of drug-likeness (QED) is 0.519. The summed E-state index contributed by atoms with van der Waals surface area (Å²) in [6.07, 6.45) is -0.538. The molecule has 0 atom stereocenters. The van der Waals surface area contributed by atoms with E-state index in [4.69, 9.17) is 4.74 Å². The molecule has 9 heteroatoms. The van der Waals surface area contributed by atoms with Crippen molar-refractivity contribution < 1.29 is 48.6 Å². The van der Waals surface area contributed by atoms with Gasteiger partial charge in [0.1, 0.15) is 5.82 Å². The van der Waals surface area contributed by atoms with Crippen LogP contribution in [0.4, 0.5) is 10.2 Å². The van der Waals surface area contributed by atoms with E-state index in [1.54, 1.807) is 4.90 Å². The Balaban J connectivity index is 0.00000200. The van der Waals surface area contributed by atoms with E-state index in [-0.39, 0.29) is 41.2 Å². The predicted octanol–water partition coefficient (Wildman–Crippen LogP) is -4.95. The van der Waals surface area contributed by atoms with Gasteiger partial charge in [0.2, 0.25) is 5.82 Å². The van der Waals surface area contributed by atoms with Gasteiger partial charge in [-0.15, -0.1) is 0 Å². The van der Waals surface area contributed by atoms with Gasteiger partial charge in [-0.3, -0.25) is 9.36 Å². The van der Waals surface area contributed by atoms with Gasteiger partial charge in [0.15, 0.2) is 5.82 Å². The van der Waals surface area contributed by atoms with Gasteiger partial charge in [-0.2, -0.15) is 4.39 Å². The fraction of sp³-hybridized carbons (Fsp3) is 0.545. The number of ether oxygens (including phenoxy) is 1. The number of rotatable bonds is 3. The van der Waals surface area contributed by atoms with Gasteiger partial charge in [0, 0.05) is 32.5 Å². The summed E-state index contributed by atoms with van der Waals surface area (Å²) in [5.41, 5.74) is -0.896. The maximum atomic E-state index is 13.9. The molecule has 0 spiro atoms. The molecule has 20 heavy (non-hydrogen) atoms. The van der Waals surface area contributed by atoms with E-state index >= 15 is 0 Å². The van der Waals surface area contributed by atoms with Crippen LogP contribution in [0.25, 0.3) is 0 Å². The van der Waals surface area contributed by atoms with E-state index < -0.39 is 23.8 Å². The minimum atomic E-state index is -1.37. The van der Waals surface area contributed by atoms with Gasteiger partial charge < -0.3 is 19.5 Å². The van der Waals surface area contributed by atoms with Crippen LogP contribution in [0.1, 0.15) is 5.82 Å². The Kier molecular flexibility index (Phi) is 6.12. The average molecular weight is 293 g/mol. The van der Waals surface area contributed by atoms with E-state index in [1.807, 2.05) is 0 Å². The van der Waals surface area contributed by atoms with Gasteiger partial charge in [-0.05, 0) is 0 Å². The third-order valence-corrected chi connectivity index (χ3v) is 2.92. The molecule has 1 saturated heterocycles. The molecule has 0 bridgehead atoms. The molecule has 0 saturated carbocycles. The third kappa shape index (κ3) is 3.57. The molecule has 0 unspecified atom stereocenters. The van der Waals surface area contributed by atoms with E-state index in [2.05, 4.69) is 4.98 Å². The molecule has 1 aromatic heterocycles. The Morgan fingerprint density at radius 3 is 2.60 bits per heavy atom.